The quantitative estimate of drug-likeness (QED) is 0.518. The van der Waals surface area contributed by atoms with Crippen molar-refractivity contribution in [3.05, 3.63) is 23.2 Å². The van der Waals surface area contributed by atoms with E-state index < -0.39 is 0 Å². The van der Waals surface area contributed by atoms with E-state index in [-0.39, 0.29) is 0 Å². The molecule has 1 rings (SSSR count). The maximum atomic E-state index is 5.93. The number of rotatable bonds is 8. The van der Waals surface area contributed by atoms with E-state index >= 15 is 0 Å². The van der Waals surface area contributed by atoms with Crippen LogP contribution in [-0.2, 0) is 0 Å². The lowest BCUT2D eigenvalue weighted by molar-refractivity contribution is 0.523. The van der Waals surface area contributed by atoms with Gasteiger partial charge in [-0.25, -0.2) is 0 Å². The molecule has 0 heterocycles. The Labute approximate surface area is 116 Å². The summed E-state index contributed by atoms with van der Waals surface area (Å²) in [6, 6.07) is 5.54. The summed E-state index contributed by atoms with van der Waals surface area (Å²) in [6.07, 6.45) is 6.47. The minimum Gasteiger partial charge on any atom is -0.397 e. The molecule has 102 valence electrons. The predicted molar refractivity (Wildman–Crippen MR) is 82.3 cm³/mol. The molecular formula is C15H25ClN2. The van der Waals surface area contributed by atoms with Crippen LogP contribution >= 0.6 is 11.6 Å². The molecule has 0 aliphatic carbocycles. The summed E-state index contributed by atoms with van der Waals surface area (Å²) in [6.45, 7) is 5.53. The molecule has 0 amide bonds. The molecule has 0 bridgehead atoms. The SMILES string of the molecule is CC(C)CCCCCCNc1cc(Cl)ccc1N. The van der Waals surface area contributed by atoms with Crippen LogP contribution in [0.15, 0.2) is 18.2 Å². The van der Waals surface area contributed by atoms with Crippen LogP contribution in [0.5, 0.6) is 0 Å². The van der Waals surface area contributed by atoms with Crippen molar-refractivity contribution >= 4 is 23.0 Å². The molecule has 3 heteroatoms. The largest absolute Gasteiger partial charge is 0.397 e. The molecule has 0 atom stereocenters. The van der Waals surface area contributed by atoms with Crippen molar-refractivity contribution in [1.82, 2.24) is 0 Å². The molecule has 0 unspecified atom stereocenters. The molecule has 0 aliphatic rings. The molecule has 2 nitrogen and oxygen atoms in total. The van der Waals surface area contributed by atoms with E-state index in [1.807, 2.05) is 18.2 Å². The van der Waals surface area contributed by atoms with Gasteiger partial charge in [-0.3, -0.25) is 0 Å². The van der Waals surface area contributed by atoms with Crippen LogP contribution in [0.3, 0.4) is 0 Å². The number of hydrogen-bond donors (Lipinski definition) is 2. The molecular weight excluding hydrogens is 244 g/mol. The zero-order valence-electron chi connectivity index (χ0n) is 11.5. The van der Waals surface area contributed by atoms with E-state index in [9.17, 15) is 0 Å². The molecule has 0 saturated carbocycles. The second kappa shape index (κ2) is 8.25. The van der Waals surface area contributed by atoms with Gasteiger partial charge in [-0.2, -0.15) is 0 Å². The summed E-state index contributed by atoms with van der Waals surface area (Å²) >= 11 is 5.93. The van der Waals surface area contributed by atoms with Gasteiger partial charge >= 0.3 is 0 Å². The lowest BCUT2D eigenvalue weighted by Gasteiger charge is -2.09. The monoisotopic (exact) mass is 268 g/mol. The first kappa shape index (κ1) is 15.2. The number of halogens is 1. The molecule has 0 radical (unpaired) electrons. The maximum Gasteiger partial charge on any atom is 0.0588 e. The van der Waals surface area contributed by atoms with Crippen LogP contribution in [0, 0.1) is 5.92 Å². The Hall–Kier alpha value is -0.890. The van der Waals surface area contributed by atoms with E-state index in [1.165, 1.54) is 32.1 Å². The fourth-order valence-corrected chi connectivity index (χ4v) is 2.11. The molecule has 18 heavy (non-hydrogen) atoms. The first-order chi connectivity index (χ1) is 8.59. The van der Waals surface area contributed by atoms with Crippen molar-refractivity contribution in [2.75, 3.05) is 17.6 Å². The topological polar surface area (TPSA) is 38.0 Å². The van der Waals surface area contributed by atoms with Gasteiger partial charge in [0.05, 0.1) is 11.4 Å². The third kappa shape index (κ3) is 6.15. The Morgan fingerprint density at radius 2 is 1.89 bits per heavy atom. The van der Waals surface area contributed by atoms with Gasteiger partial charge in [0.2, 0.25) is 0 Å². The van der Waals surface area contributed by atoms with Crippen molar-refractivity contribution < 1.29 is 0 Å². The number of nitrogens with two attached hydrogens (primary N) is 1. The summed E-state index contributed by atoms with van der Waals surface area (Å²) < 4.78 is 0. The molecule has 0 saturated heterocycles. The Bertz CT molecular complexity index is 350. The summed E-state index contributed by atoms with van der Waals surface area (Å²) in [5.74, 6) is 0.828. The number of hydrogen-bond acceptors (Lipinski definition) is 2. The molecule has 0 spiro atoms. The highest BCUT2D eigenvalue weighted by molar-refractivity contribution is 6.31. The van der Waals surface area contributed by atoms with Crippen LogP contribution in [0.4, 0.5) is 11.4 Å². The minimum absolute atomic E-state index is 0.726. The van der Waals surface area contributed by atoms with Crippen molar-refractivity contribution in [3.63, 3.8) is 0 Å². The number of anilines is 2. The Balaban J connectivity index is 2.12. The Kier molecular flexibility index (Phi) is 6.96. The van der Waals surface area contributed by atoms with Gasteiger partial charge in [-0.1, -0.05) is 51.1 Å². The van der Waals surface area contributed by atoms with E-state index in [0.29, 0.717) is 0 Å². The molecule has 0 aliphatic heterocycles. The second-order valence-electron chi connectivity index (χ2n) is 5.26. The molecule has 1 aromatic rings. The molecule has 1 aromatic carbocycles. The van der Waals surface area contributed by atoms with Crippen LogP contribution in [-0.4, -0.2) is 6.54 Å². The highest BCUT2D eigenvalue weighted by Gasteiger charge is 1.99. The Morgan fingerprint density at radius 3 is 2.61 bits per heavy atom. The van der Waals surface area contributed by atoms with Gasteiger partial charge in [0, 0.05) is 11.6 Å². The van der Waals surface area contributed by atoms with Crippen LogP contribution in [0.25, 0.3) is 0 Å². The lowest BCUT2D eigenvalue weighted by Crippen LogP contribution is -2.04. The third-order valence-corrected chi connectivity index (χ3v) is 3.27. The van der Waals surface area contributed by atoms with Crippen molar-refractivity contribution in [2.45, 2.75) is 46.0 Å². The van der Waals surface area contributed by atoms with Crippen LogP contribution < -0.4 is 11.1 Å². The maximum absolute atomic E-state index is 5.93. The average molecular weight is 269 g/mol. The van der Waals surface area contributed by atoms with Gasteiger partial charge in [0.15, 0.2) is 0 Å². The molecule has 0 fully saturated rings. The normalized spacial score (nSPS) is 10.9. The number of nitrogen functional groups attached to an aromatic ring is 1. The smallest absolute Gasteiger partial charge is 0.0588 e. The summed E-state index contributed by atoms with van der Waals surface area (Å²) in [5.41, 5.74) is 7.58. The molecule has 0 aromatic heterocycles. The fourth-order valence-electron chi connectivity index (χ4n) is 1.94. The van der Waals surface area contributed by atoms with Crippen molar-refractivity contribution in [1.29, 1.82) is 0 Å². The van der Waals surface area contributed by atoms with E-state index in [2.05, 4.69) is 19.2 Å². The number of benzene rings is 1. The predicted octanol–water partition coefficient (Wildman–Crippen LogP) is 4.94. The average Bonchev–Trinajstić information content (AvgIpc) is 2.32. The van der Waals surface area contributed by atoms with Gasteiger partial charge in [-0.15, -0.1) is 0 Å². The number of unbranched alkanes of at least 4 members (excludes halogenated alkanes) is 3. The van der Waals surface area contributed by atoms with Crippen molar-refractivity contribution in [3.8, 4) is 0 Å². The zero-order chi connectivity index (χ0) is 13.4. The van der Waals surface area contributed by atoms with Gasteiger partial charge in [-0.05, 0) is 30.5 Å². The number of nitrogens with one attached hydrogen (secondary N) is 1. The Morgan fingerprint density at radius 1 is 1.17 bits per heavy atom. The summed E-state index contributed by atoms with van der Waals surface area (Å²) in [4.78, 5) is 0. The van der Waals surface area contributed by atoms with Gasteiger partial charge in [0.1, 0.15) is 0 Å². The molecule has 3 N–H and O–H groups in total. The van der Waals surface area contributed by atoms with Crippen LogP contribution in [0.1, 0.15) is 46.0 Å². The van der Waals surface area contributed by atoms with E-state index in [0.717, 1.165) is 28.9 Å². The minimum atomic E-state index is 0.726. The van der Waals surface area contributed by atoms with Crippen LogP contribution in [0.2, 0.25) is 5.02 Å². The first-order valence-corrected chi connectivity index (χ1v) is 7.26. The second-order valence-corrected chi connectivity index (χ2v) is 5.69. The van der Waals surface area contributed by atoms with E-state index in [4.69, 9.17) is 17.3 Å². The third-order valence-electron chi connectivity index (χ3n) is 3.04. The summed E-state index contributed by atoms with van der Waals surface area (Å²) in [5, 5.41) is 4.07. The fraction of sp³-hybridized carbons (Fsp3) is 0.600. The van der Waals surface area contributed by atoms with Crippen molar-refractivity contribution in [2.24, 2.45) is 5.92 Å². The highest BCUT2D eigenvalue weighted by atomic mass is 35.5. The lowest BCUT2D eigenvalue weighted by atomic mass is 10.0. The van der Waals surface area contributed by atoms with E-state index in [1.54, 1.807) is 0 Å². The summed E-state index contributed by atoms with van der Waals surface area (Å²) in [7, 11) is 0. The van der Waals surface area contributed by atoms with Gasteiger partial charge < -0.3 is 11.1 Å². The van der Waals surface area contributed by atoms with Gasteiger partial charge in [0.25, 0.3) is 0 Å². The first-order valence-electron chi connectivity index (χ1n) is 6.88. The standard InChI is InChI=1S/C15H25ClN2/c1-12(2)7-5-3-4-6-10-18-15-11-13(16)8-9-14(15)17/h8-9,11-12,18H,3-7,10,17H2,1-2H3. The highest BCUT2D eigenvalue weighted by Crippen LogP contribution is 2.22. The zero-order valence-corrected chi connectivity index (χ0v) is 12.3.